The van der Waals surface area contributed by atoms with Gasteiger partial charge >= 0.3 is 7.82 Å². The van der Waals surface area contributed by atoms with E-state index in [4.69, 9.17) is 9.79 Å². The lowest BCUT2D eigenvalue weighted by atomic mass is 10.1. The van der Waals surface area contributed by atoms with E-state index in [1.165, 1.54) is 51.4 Å². The Kier molecular flexibility index (Phi) is 15.2. The number of hydrogen-bond acceptors (Lipinski definition) is 2. The van der Waals surface area contributed by atoms with Crippen LogP contribution in [0.15, 0.2) is 0 Å². The molecular weight excluding hydrogens is 227 g/mol. The van der Waals surface area contributed by atoms with Crippen molar-refractivity contribution in [2.24, 2.45) is 0 Å². The normalized spacial score (nSPS) is 10.8. The van der Waals surface area contributed by atoms with Crippen molar-refractivity contribution in [3.8, 4) is 0 Å². The number of unbranched alkanes of at least 4 members (excludes halogenated alkanes) is 7. The molecule has 0 fully saturated rings. The maximum Gasteiger partial charge on any atom is 0.469 e. The maximum atomic E-state index is 9.47. The smallest absolute Gasteiger partial charge is 0.303 e. The molecule has 0 saturated carbocycles. The standard InChI is InChI=1S/C10H22.CH5O4P/c1-3-5-7-9-10-8-6-4-2;1-5-6(2,3)4/h3-10H2,1-2H3;1H3,(H2,2,3,4). The van der Waals surface area contributed by atoms with Crippen molar-refractivity contribution in [2.75, 3.05) is 7.11 Å². The van der Waals surface area contributed by atoms with Crippen molar-refractivity contribution >= 4 is 7.82 Å². The number of rotatable bonds is 8. The molecule has 0 bridgehead atoms. The molecule has 0 aromatic rings. The van der Waals surface area contributed by atoms with Crippen LogP contribution in [0.5, 0.6) is 0 Å². The molecule has 100 valence electrons. The van der Waals surface area contributed by atoms with Crippen molar-refractivity contribution in [1.82, 2.24) is 0 Å². The molecule has 5 heteroatoms. The summed E-state index contributed by atoms with van der Waals surface area (Å²) in [6.07, 6.45) is 11.5. The fourth-order valence-electron chi connectivity index (χ4n) is 1.21. The Labute approximate surface area is 99.6 Å². The molecule has 0 aliphatic carbocycles. The molecule has 0 atom stereocenters. The fourth-order valence-corrected chi connectivity index (χ4v) is 1.21. The van der Waals surface area contributed by atoms with E-state index in [9.17, 15) is 4.57 Å². The lowest BCUT2D eigenvalue weighted by Gasteiger charge is -1.97. The average Bonchev–Trinajstić information content (AvgIpc) is 2.23. The molecule has 0 rings (SSSR count). The van der Waals surface area contributed by atoms with Gasteiger partial charge in [-0.25, -0.2) is 4.57 Å². The van der Waals surface area contributed by atoms with Gasteiger partial charge in [0.1, 0.15) is 0 Å². The first-order chi connectivity index (χ1) is 7.47. The Balaban J connectivity index is 0. The van der Waals surface area contributed by atoms with Crippen LogP contribution in [0.3, 0.4) is 0 Å². The molecule has 0 amide bonds. The molecule has 0 aliphatic rings. The van der Waals surface area contributed by atoms with E-state index < -0.39 is 7.82 Å². The summed E-state index contributed by atoms with van der Waals surface area (Å²) < 4.78 is 13.1. The van der Waals surface area contributed by atoms with Crippen LogP contribution in [-0.2, 0) is 9.09 Å². The van der Waals surface area contributed by atoms with Crippen LogP contribution in [0.1, 0.15) is 65.2 Å². The van der Waals surface area contributed by atoms with Crippen LogP contribution in [0.2, 0.25) is 0 Å². The second-order valence-corrected chi connectivity index (χ2v) is 5.14. The van der Waals surface area contributed by atoms with Crippen molar-refractivity contribution in [1.29, 1.82) is 0 Å². The Hall–Kier alpha value is 0.110. The second-order valence-electron chi connectivity index (χ2n) is 3.79. The first kappa shape index (κ1) is 18.5. The van der Waals surface area contributed by atoms with Crippen molar-refractivity contribution in [2.45, 2.75) is 65.2 Å². The van der Waals surface area contributed by atoms with Crippen molar-refractivity contribution < 1.29 is 18.9 Å². The molecule has 4 nitrogen and oxygen atoms in total. The molecule has 0 heterocycles. The van der Waals surface area contributed by atoms with E-state index in [1.54, 1.807) is 0 Å². The molecule has 0 unspecified atom stereocenters. The van der Waals surface area contributed by atoms with Crippen LogP contribution < -0.4 is 0 Å². The highest BCUT2D eigenvalue weighted by Crippen LogP contribution is 2.33. The highest BCUT2D eigenvalue weighted by Gasteiger charge is 2.07. The van der Waals surface area contributed by atoms with Gasteiger partial charge in [0.15, 0.2) is 0 Å². The third-order valence-corrected chi connectivity index (χ3v) is 2.67. The van der Waals surface area contributed by atoms with Gasteiger partial charge < -0.3 is 9.79 Å². The minimum atomic E-state index is -4.15. The first-order valence-corrected chi connectivity index (χ1v) is 7.62. The van der Waals surface area contributed by atoms with Gasteiger partial charge in [0.05, 0.1) is 0 Å². The van der Waals surface area contributed by atoms with Gasteiger partial charge in [0, 0.05) is 7.11 Å². The molecule has 0 aliphatic heterocycles. The second kappa shape index (κ2) is 13.2. The van der Waals surface area contributed by atoms with Gasteiger partial charge in [0.2, 0.25) is 0 Å². The third kappa shape index (κ3) is 23.7. The predicted octanol–water partition coefficient (Wildman–Crippen LogP) is 3.87. The van der Waals surface area contributed by atoms with Gasteiger partial charge in [-0.2, -0.15) is 0 Å². The van der Waals surface area contributed by atoms with Crippen molar-refractivity contribution in [3.63, 3.8) is 0 Å². The molecule has 0 spiro atoms. The summed E-state index contributed by atoms with van der Waals surface area (Å²) in [4.78, 5) is 15.4. The molecule has 16 heavy (non-hydrogen) atoms. The van der Waals surface area contributed by atoms with E-state index >= 15 is 0 Å². The molecule has 0 aromatic heterocycles. The minimum Gasteiger partial charge on any atom is -0.303 e. The minimum absolute atomic E-state index is 0.945. The van der Waals surface area contributed by atoms with Crippen molar-refractivity contribution in [3.05, 3.63) is 0 Å². The van der Waals surface area contributed by atoms with Gasteiger partial charge in [-0.15, -0.1) is 0 Å². The summed E-state index contributed by atoms with van der Waals surface area (Å²) in [7, 11) is -3.20. The summed E-state index contributed by atoms with van der Waals surface area (Å²) in [5.41, 5.74) is 0. The fraction of sp³-hybridized carbons (Fsp3) is 1.00. The van der Waals surface area contributed by atoms with Crippen LogP contribution in [0, 0.1) is 0 Å². The Morgan fingerprint density at radius 2 is 1.12 bits per heavy atom. The zero-order valence-corrected chi connectivity index (χ0v) is 11.7. The zero-order chi connectivity index (χ0) is 12.9. The lowest BCUT2D eigenvalue weighted by molar-refractivity contribution is 0.235. The third-order valence-electron chi connectivity index (χ3n) is 2.19. The topological polar surface area (TPSA) is 66.8 Å². The maximum absolute atomic E-state index is 9.47. The van der Waals surface area contributed by atoms with Crippen LogP contribution >= 0.6 is 7.82 Å². The summed E-state index contributed by atoms with van der Waals surface area (Å²) in [6, 6.07) is 0. The highest BCUT2D eigenvalue weighted by atomic mass is 31.2. The summed E-state index contributed by atoms with van der Waals surface area (Å²) in [5.74, 6) is 0. The Morgan fingerprint density at radius 3 is 1.31 bits per heavy atom. The van der Waals surface area contributed by atoms with Gasteiger partial charge in [0.25, 0.3) is 0 Å². The van der Waals surface area contributed by atoms with Crippen LogP contribution in [-0.4, -0.2) is 16.9 Å². The average molecular weight is 254 g/mol. The zero-order valence-electron chi connectivity index (χ0n) is 10.8. The number of phosphoric acid groups is 1. The summed E-state index contributed by atoms with van der Waals surface area (Å²) in [6.45, 7) is 4.54. The molecular formula is C11H27O4P. The summed E-state index contributed by atoms with van der Waals surface area (Å²) >= 11 is 0. The Bertz CT molecular complexity index is 159. The number of hydrogen-bond donors (Lipinski definition) is 2. The van der Waals surface area contributed by atoms with Crippen LogP contribution in [0.4, 0.5) is 0 Å². The molecule has 0 radical (unpaired) electrons. The molecule has 0 aromatic carbocycles. The van der Waals surface area contributed by atoms with E-state index in [-0.39, 0.29) is 0 Å². The van der Waals surface area contributed by atoms with E-state index in [0.717, 1.165) is 7.11 Å². The van der Waals surface area contributed by atoms with E-state index in [1.807, 2.05) is 0 Å². The summed E-state index contributed by atoms with van der Waals surface area (Å²) in [5, 5.41) is 0. The van der Waals surface area contributed by atoms with Gasteiger partial charge in [-0.3, -0.25) is 4.52 Å². The quantitative estimate of drug-likeness (QED) is 0.509. The van der Waals surface area contributed by atoms with Gasteiger partial charge in [-0.05, 0) is 0 Å². The predicted molar refractivity (Wildman–Crippen MR) is 67.3 cm³/mol. The Morgan fingerprint density at radius 1 is 0.875 bits per heavy atom. The SMILES string of the molecule is CCCCCCCCCC.COP(=O)(O)O. The lowest BCUT2D eigenvalue weighted by Crippen LogP contribution is -1.77. The number of phosphoric ester groups is 1. The largest absolute Gasteiger partial charge is 0.469 e. The van der Waals surface area contributed by atoms with Crippen LogP contribution in [0.25, 0.3) is 0 Å². The first-order valence-electron chi connectivity index (χ1n) is 6.09. The molecule has 2 N–H and O–H groups in total. The van der Waals surface area contributed by atoms with Gasteiger partial charge in [-0.1, -0.05) is 65.2 Å². The molecule has 0 saturated heterocycles. The van der Waals surface area contributed by atoms with E-state index in [2.05, 4.69) is 18.4 Å². The van der Waals surface area contributed by atoms with E-state index in [0.29, 0.717) is 0 Å². The highest BCUT2D eigenvalue weighted by molar-refractivity contribution is 7.46. The monoisotopic (exact) mass is 254 g/mol.